The lowest BCUT2D eigenvalue weighted by molar-refractivity contribution is -0.385. The average molecular weight is 196 g/mol. The highest BCUT2D eigenvalue weighted by Gasteiger charge is 2.18. The third-order valence-corrected chi connectivity index (χ3v) is 1.63. The van der Waals surface area contributed by atoms with Gasteiger partial charge < -0.3 is 9.94 Å². The number of para-hydroxylation sites is 1. The van der Waals surface area contributed by atoms with Crippen molar-refractivity contribution in [3.8, 4) is 5.75 Å². The molecule has 1 N–H and O–H groups in total. The van der Waals surface area contributed by atoms with E-state index in [1.807, 2.05) is 0 Å². The Morgan fingerprint density at radius 1 is 1.64 bits per heavy atom. The Hall–Kier alpha value is -2.11. The number of benzene rings is 1. The predicted molar refractivity (Wildman–Crippen MR) is 49.0 cm³/mol. The summed E-state index contributed by atoms with van der Waals surface area (Å²) in [6.45, 7) is 0. The van der Waals surface area contributed by atoms with E-state index in [0.717, 1.165) is 6.21 Å². The summed E-state index contributed by atoms with van der Waals surface area (Å²) in [5.41, 5.74) is -0.0235. The Morgan fingerprint density at radius 2 is 2.36 bits per heavy atom. The van der Waals surface area contributed by atoms with Crippen LogP contribution in [0.5, 0.6) is 5.75 Å². The number of nitro groups is 1. The van der Waals surface area contributed by atoms with Crippen LogP contribution < -0.4 is 4.74 Å². The van der Waals surface area contributed by atoms with Crippen molar-refractivity contribution < 1.29 is 14.9 Å². The molecule has 0 amide bonds. The van der Waals surface area contributed by atoms with Crippen molar-refractivity contribution in [2.45, 2.75) is 0 Å². The highest BCUT2D eigenvalue weighted by atomic mass is 16.6. The summed E-state index contributed by atoms with van der Waals surface area (Å²) < 4.78 is 4.81. The van der Waals surface area contributed by atoms with Crippen molar-refractivity contribution in [3.05, 3.63) is 33.9 Å². The second kappa shape index (κ2) is 4.22. The second-order valence-corrected chi connectivity index (χ2v) is 2.40. The molecule has 0 heterocycles. The summed E-state index contributed by atoms with van der Waals surface area (Å²) in [4.78, 5) is 10.1. The maximum absolute atomic E-state index is 10.7. The fourth-order valence-electron chi connectivity index (χ4n) is 1.07. The van der Waals surface area contributed by atoms with Gasteiger partial charge in [-0.2, -0.15) is 0 Å². The Kier molecular flexibility index (Phi) is 3.01. The number of ether oxygens (including phenoxy) is 1. The Labute approximate surface area is 79.6 Å². The van der Waals surface area contributed by atoms with Crippen LogP contribution in [-0.4, -0.2) is 23.5 Å². The Morgan fingerprint density at radius 3 is 2.86 bits per heavy atom. The molecule has 0 fully saturated rings. The van der Waals surface area contributed by atoms with Crippen LogP contribution in [-0.2, 0) is 0 Å². The van der Waals surface area contributed by atoms with E-state index in [2.05, 4.69) is 5.16 Å². The third kappa shape index (κ3) is 1.79. The van der Waals surface area contributed by atoms with E-state index in [1.54, 1.807) is 6.07 Å². The number of nitrogens with zero attached hydrogens (tertiary/aromatic N) is 2. The van der Waals surface area contributed by atoms with Gasteiger partial charge in [0.15, 0.2) is 5.75 Å². The van der Waals surface area contributed by atoms with Crippen LogP contribution in [0.3, 0.4) is 0 Å². The number of hydrogen-bond donors (Lipinski definition) is 1. The predicted octanol–water partition coefficient (Wildman–Crippen LogP) is 1.41. The fraction of sp³-hybridized carbons (Fsp3) is 0.125. The second-order valence-electron chi connectivity index (χ2n) is 2.40. The molecule has 0 aliphatic carbocycles. The first kappa shape index (κ1) is 9.97. The highest BCUT2D eigenvalue weighted by molar-refractivity contribution is 5.86. The van der Waals surface area contributed by atoms with Crippen LogP contribution in [0.15, 0.2) is 23.4 Å². The zero-order chi connectivity index (χ0) is 10.6. The third-order valence-electron chi connectivity index (χ3n) is 1.63. The van der Waals surface area contributed by atoms with E-state index in [-0.39, 0.29) is 17.0 Å². The first-order chi connectivity index (χ1) is 6.70. The number of rotatable bonds is 3. The van der Waals surface area contributed by atoms with Gasteiger partial charge in [0.05, 0.1) is 23.8 Å². The smallest absolute Gasteiger partial charge is 0.319 e. The van der Waals surface area contributed by atoms with Crippen LogP contribution >= 0.6 is 0 Å². The Balaban J connectivity index is 3.35. The average Bonchev–Trinajstić information content (AvgIpc) is 2.17. The summed E-state index contributed by atoms with van der Waals surface area (Å²) in [5, 5.41) is 21.7. The molecule has 0 aliphatic rings. The van der Waals surface area contributed by atoms with Gasteiger partial charge in [0, 0.05) is 0 Å². The summed E-state index contributed by atoms with van der Waals surface area (Å²) >= 11 is 0. The van der Waals surface area contributed by atoms with E-state index in [1.165, 1.54) is 19.2 Å². The molecule has 1 aromatic rings. The van der Waals surface area contributed by atoms with Gasteiger partial charge >= 0.3 is 5.69 Å². The molecule has 74 valence electrons. The molecule has 0 spiro atoms. The molecule has 1 rings (SSSR count). The molecule has 0 aromatic heterocycles. The van der Waals surface area contributed by atoms with Gasteiger partial charge in [-0.05, 0) is 12.1 Å². The van der Waals surface area contributed by atoms with Crippen molar-refractivity contribution in [2.75, 3.05) is 7.11 Å². The molecule has 0 radical (unpaired) electrons. The first-order valence-corrected chi connectivity index (χ1v) is 3.69. The molecular weight excluding hydrogens is 188 g/mol. The number of oxime groups is 1. The summed E-state index contributed by atoms with van der Waals surface area (Å²) in [5.74, 6) is 0.132. The molecule has 6 heteroatoms. The SMILES string of the molecule is COc1cccc(/C=N\O)c1[N+](=O)[O-]. The first-order valence-electron chi connectivity index (χ1n) is 3.69. The zero-order valence-corrected chi connectivity index (χ0v) is 7.38. The van der Waals surface area contributed by atoms with Crippen molar-refractivity contribution in [3.63, 3.8) is 0 Å². The van der Waals surface area contributed by atoms with E-state index in [0.29, 0.717) is 0 Å². The quantitative estimate of drug-likeness (QED) is 0.343. The van der Waals surface area contributed by atoms with Crippen molar-refractivity contribution in [2.24, 2.45) is 5.16 Å². The van der Waals surface area contributed by atoms with Crippen molar-refractivity contribution in [1.82, 2.24) is 0 Å². The normalized spacial score (nSPS) is 10.4. The lowest BCUT2D eigenvalue weighted by Gasteiger charge is -2.02. The standard InChI is InChI=1S/C8H8N2O4/c1-14-7-4-2-3-6(5-9-11)8(7)10(12)13/h2-5,11H,1H3/b9-5-. The lowest BCUT2D eigenvalue weighted by Crippen LogP contribution is -1.98. The summed E-state index contributed by atoms with van der Waals surface area (Å²) in [7, 11) is 1.34. The van der Waals surface area contributed by atoms with Gasteiger partial charge in [0.2, 0.25) is 0 Å². The fourth-order valence-corrected chi connectivity index (χ4v) is 1.07. The summed E-state index contributed by atoms with van der Waals surface area (Å²) in [6.07, 6.45) is 0.987. The minimum absolute atomic E-state index is 0.132. The zero-order valence-electron chi connectivity index (χ0n) is 7.38. The molecule has 0 saturated heterocycles. The van der Waals surface area contributed by atoms with Crippen LogP contribution in [0.2, 0.25) is 0 Å². The van der Waals surface area contributed by atoms with Gasteiger partial charge in [-0.25, -0.2) is 0 Å². The highest BCUT2D eigenvalue weighted by Crippen LogP contribution is 2.29. The van der Waals surface area contributed by atoms with E-state index in [9.17, 15) is 10.1 Å². The van der Waals surface area contributed by atoms with E-state index < -0.39 is 4.92 Å². The monoisotopic (exact) mass is 196 g/mol. The molecule has 14 heavy (non-hydrogen) atoms. The van der Waals surface area contributed by atoms with E-state index >= 15 is 0 Å². The molecule has 0 bridgehead atoms. The number of hydrogen-bond acceptors (Lipinski definition) is 5. The van der Waals surface area contributed by atoms with Gasteiger partial charge in [0.25, 0.3) is 0 Å². The minimum Gasteiger partial charge on any atom is -0.490 e. The van der Waals surface area contributed by atoms with Crippen LogP contribution in [0, 0.1) is 10.1 Å². The lowest BCUT2D eigenvalue weighted by atomic mass is 10.2. The Bertz CT molecular complexity index is 376. The molecule has 0 unspecified atom stereocenters. The molecule has 0 atom stereocenters. The van der Waals surface area contributed by atoms with Crippen LogP contribution in [0.4, 0.5) is 5.69 Å². The summed E-state index contributed by atoms with van der Waals surface area (Å²) in [6, 6.07) is 4.50. The number of nitro benzene ring substituents is 1. The molecule has 0 saturated carbocycles. The minimum atomic E-state index is -0.587. The van der Waals surface area contributed by atoms with Crippen LogP contribution in [0.25, 0.3) is 0 Å². The van der Waals surface area contributed by atoms with Gasteiger partial charge in [-0.1, -0.05) is 11.2 Å². The largest absolute Gasteiger partial charge is 0.490 e. The van der Waals surface area contributed by atoms with E-state index in [4.69, 9.17) is 9.94 Å². The maximum Gasteiger partial charge on any atom is 0.319 e. The topological polar surface area (TPSA) is 85.0 Å². The van der Waals surface area contributed by atoms with Gasteiger partial charge in [0.1, 0.15) is 0 Å². The molecular formula is C8H8N2O4. The van der Waals surface area contributed by atoms with Crippen molar-refractivity contribution >= 4 is 11.9 Å². The molecule has 6 nitrogen and oxygen atoms in total. The van der Waals surface area contributed by atoms with Gasteiger partial charge in [-0.3, -0.25) is 10.1 Å². The maximum atomic E-state index is 10.7. The molecule has 0 aliphatic heterocycles. The molecule has 1 aromatic carbocycles. The number of methoxy groups -OCH3 is 1. The van der Waals surface area contributed by atoms with Crippen LogP contribution in [0.1, 0.15) is 5.56 Å². The van der Waals surface area contributed by atoms with Gasteiger partial charge in [-0.15, -0.1) is 0 Å². The van der Waals surface area contributed by atoms with Crippen molar-refractivity contribution in [1.29, 1.82) is 0 Å².